The third-order valence-corrected chi connectivity index (χ3v) is 4.57. The first kappa shape index (κ1) is 20.8. The lowest BCUT2D eigenvalue weighted by Gasteiger charge is -2.09. The minimum atomic E-state index is -0.838. The zero-order chi connectivity index (χ0) is 21.3. The minimum absolute atomic E-state index is 0.486. The van der Waals surface area contributed by atoms with Crippen LogP contribution < -0.4 is 15.5 Å². The van der Waals surface area contributed by atoms with Gasteiger partial charge in [-0.15, -0.1) is 0 Å². The molecule has 152 valence electrons. The lowest BCUT2D eigenvalue weighted by molar-refractivity contribution is -0.136. The summed E-state index contributed by atoms with van der Waals surface area (Å²) in [5, 5.41) is 6.43. The Bertz CT molecular complexity index is 1050. The Labute approximate surface area is 175 Å². The van der Waals surface area contributed by atoms with Crippen molar-refractivity contribution in [2.45, 2.75) is 20.5 Å². The summed E-state index contributed by atoms with van der Waals surface area (Å²) in [6.45, 7) is 4.31. The van der Waals surface area contributed by atoms with Gasteiger partial charge in [-0.2, -0.15) is 5.10 Å². The van der Waals surface area contributed by atoms with Crippen LogP contribution in [0.15, 0.2) is 77.9 Å². The van der Waals surface area contributed by atoms with Crippen LogP contribution in [0.3, 0.4) is 0 Å². The molecule has 0 aromatic heterocycles. The summed E-state index contributed by atoms with van der Waals surface area (Å²) in [5.41, 5.74) is 6.63. The number of hydrazone groups is 1. The van der Waals surface area contributed by atoms with Gasteiger partial charge in [0.25, 0.3) is 0 Å². The van der Waals surface area contributed by atoms with E-state index in [-0.39, 0.29) is 0 Å². The first-order valence-corrected chi connectivity index (χ1v) is 9.50. The van der Waals surface area contributed by atoms with Crippen molar-refractivity contribution in [1.29, 1.82) is 0 Å². The second kappa shape index (κ2) is 10.0. The van der Waals surface area contributed by atoms with Crippen LogP contribution in [0.5, 0.6) is 5.75 Å². The molecule has 0 bridgehead atoms. The smallest absolute Gasteiger partial charge is 0.329 e. The molecule has 0 aliphatic carbocycles. The molecule has 0 spiro atoms. The summed E-state index contributed by atoms with van der Waals surface area (Å²) in [6, 6.07) is 22.7. The Hall–Kier alpha value is -3.93. The Morgan fingerprint density at radius 3 is 2.37 bits per heavy atom. The first-order valence-electron chi connectivity index (χ1n) is 9.50. The van der Waals surface area contributed by atoms with Crippen LogP contribution in [0.4, 0.5) is 5.69 Å². The number of nitrogens with one attached hydrogen (secondary N) is 2. The summed E-state index contributed by atoms with van der Waals surface area (Å²) in [5.74, 6) is -0.881. The van der Waals surface area contributed by atoms with Gasteiger partial charge in [-0.1, -0.05) is 42.5 Å². The van der Waals surface area contributed by atoms with Crippen molar-refractivity contribution >= 4 is 23.7 Å². The topological polar surface area (TPSA) is 79.8 Å². The number of carbonyl (C=O) groups is 2. The number of ether oxygens (including phenoxy) is 1. The van der Waals surface area contributed by atoms with E-state index in [2.05, 4.69) is 15.8 Å². The molecule has 6 nitrogen and oxygen atoms in total. The third-order valence-electron chi connectivity index (χ3n) is 4.57. The van der Waals surface area contributed by atoms with E-state index in [1.165, 1.54) is 6.21 Å². The molecule has 0 fully saturated rings. The quantitative estimate of drug-likeness (QED) is 0.373. The van der Waals surface area contributed by atoms with Crippen molar-refractivity contribution in [2.24, 2.45) is 5.10 Å². The number of amides is 2. The molecule has 0 radical (unpaired) electrons. The van der Waals surface area contributed by atoms with Crippen LogP contribution in [0.1, 0.15) is 22.3 Å². The van der Waals surface area contributed by atoms with E-state index in [4.69, 9.17) is 4.74 Å². The molecule has 3 rings (SSSR count). The fourth-order valence-corrected chi connectivity index (χ4v) is 2.67. The van der Waals surface area contributed by atoms with E-state index in [1.54, 1.807) is 6.07 Å². The van der Waals surface area contributed by atoms with E-state index in [1.807, 2.05) is 80.6 Å². The average Bonchev–Trinajstić information content (AvgIpc) is 2.77. The zero-order valence-corrected chi connectivity index (χ0v) is 16.9. The van der Waals surface area contributed by atoms with Gasteiger partial charge in [0.2, 0.25) is 0 Å². The predicted octanol–water partition coefficient (Wildman–Crippen LogP) is 3.97. The second-order valence-electron chi connectivity index (χ2n) is 6.74. The molecule has 0 saturated carbocycles. The van der Waals surface area contributed by atoms with Crippen molar-refractivity contribution in [3.63, 3.8) is 0 Å². The van der Waals surface area contributed by atoms with Gasteiger partial charge in [0.15, 0.2) is 0 Å². The van der Waals surface area contributed by atoms with Gasteiger partial charge < -0.3 is 10.1 Å². The number of rotatable bonds is 6. The molecule has 2 N–H and O–H groups in total. The van der Waals surface area contributed by atoms with Crippen molar-refractivity contribution < 1.29 is 14.3 Å². The van der Waals surface area contributed by atoms with Gasteiger partial charge >= 0.3 is 11.8 Å². The molecule has 0 unspecified atom stereocenters. The van der Waals surface area contributed by atoms with Crippen LogP contribution in [0.25, 0.3) is 0 Å². The maximum atomic E-state index is 12.0. The number of nitrogens with zero attached hydrogens (tertiary/aromatic N) is 1. The van der Waals surface area contributed by atoms with Crippen LogP contribution in [0, 0.1) is 13.8 Å². The number of hydrogen-bond acceptors (Lipinski definition) is 4. The van der Waals surface area contributed by atoms with Gasteiger partial charge in [-0.25, -0.2) is 5.43 Å². The van der Waals surface area contributed by atoms with Gasteiger partial charge in [-0.05, 0) is 66.4 Å². The molecule has 30 heavy (non-hydrogen) atoms. The fraction of sp³-hybridized carbons (Fsp3) is 0.125. The van der Waals surface area contributed by atoms with Gasteiger partial charge in [0.05, 0.1) is 6.21 Å². The van der Waals surface area contributed by atoms with E-state index >= 15 is 0 Å². The van der Waals surface area contributed by atoms with Gasteiger partial charge in [0, 0.05) is 5.69 Å². The normalized spacial score (nSPS) is 10.6. The summed E-state index contributed by atoms with van der Waals surface area (Å²) in [4.78, 5) is 24.0. The zero-order valence-electron chi connectivity index (χ0n) is 16.9. The van der Waals surface area contributed by atoms with E-state index in [9.17, 15) is 9.59 Å². The van der Waals surface area contributed by atoms with Crippen LogP contribution in [0.2, 0.25) is 0 Å². The minimum Gasteiger partial charge on any atom is -0.489 e. The highest BCUT2D eigenvalue weighted by Gasteiger charge is 2.14. The molecule has 2 amide bonds. The highest BCUT2D eigenvalue weighted by atomic mass is 16.5. The molecule has 3 aromatic carbocycles. The first-order chi connectivity index (χ1) is 14.5. The Balaban J connectivity index is 1.49. The number of anilines is 1. The average molecular weight is 401 g/mol. The standard InChI is InChI=1S/C24H23N3O3/c1-17-7-6-10-22(18(17)2)26-23(28)24(29)27-25-15-19-11-13-21(14-12-19)30-16-20-8-4-3-5-9-20/h3-15H,16H2,1-2H3,(H,26,28)(H,27,29). The highest BCUT2D eigenvalue weighted by molar-refractivity contribution is 6.39. The summed E-state index contributed by atoms with van der Waals surface area (Å²) in [7, 11) is 0. The van der Waals surface area contributed by atoms with Crippen molar-refractivity contribution in [2.75, 3.05) is 5.32 Å². The molecule has 0 heterocycles. The number of carbonyl (C=O) groups excluding carboxylic acids is 2. The molecular weight excluding hydrogens is 378 g/mol. The van der Waals surface area contributed by atoms with E-state index in [0.717, 1.165) is 28.0 Å². The maximum Gasteiger partial charge on any atom is 0.329 e. The van der Waals surface area contributed by atoms with Crippen LogP contribution >= 0.6 is 0 Å². The van der Waals surface area contributed by atoms with E-state index < -0.39 is 11.8 Å². The highest BCUT2D eigenvalue weighted by Crippen LogP contribution is 2.17. The third kappa shape index (κ3) is 5.78. The molecule has 0 saturated heterocycles. The summed E-state index contributed by atoms with van der Waals surface area (Å²) < 4.78 is 5.73. The monoisotopic (exact) mass is 401 g/mol. The number of aryl methyl sites for hydroxylation is 1. The molecule has 0 atom stereocenters. The summed E-state index contributed by atoms with van der Waals surface area (Å²) in [6.07, 6.45) is 1.46. The predicted molar refractivity (Wildman–Crippen MR) is 117 cm³/mol. The Morgan fingerprint density at radius 1 is 0.900 bits per heavy atom. The van der Waals surface area contributed by atoms with E-state index in [0.29, 0.717) is 12.3 Å². The van der Waals surface area contributed by atoms with Crippen LogP contribution in [-0.4, -0.2) is 18.0 Å². The van der Waals surface area contributed by atoms with Crippen LogP contribution in [-0.2, 0) is 16.2 Å². The molecule has 0 aliphatic rings. The number of benzene rings is 3. The SMILES string of the molecule is Cc1cccc(NC(=O)C(=O)NN=Cc2ccc(OCc3ccccc3)cc2)c1C. The lowest BCUT2D eigenvalue weighted by Crippen LogP contribution is -2.32. The molecule has 3 aromatic rings. The lowest BCUT2D eigenvalue weighted by atomic mass is 10.1. The molecule has 0 aliphatic heterocycles. The van der Waals surface area contributed by atoms with Crippen molar-refractivity contribution in [1.82, 2.24) is 5.43 Å². The maximum absolute atomic E-state index is 12.0. The van der Waals surface area contributed by atoms with Gasteiger partial charge in [0.1, 0.15) is 12.4 Å². The molecular formula is C24H23N3O3. The van der Waals surface area contributed by atoms with Crippen molar-refractivity contribution in [3.05, 3.63) is 95.1 Å². The number of hydrogen-bond donors (Lipinski definition) is 2. The Morgan fingerprint density at radius 2 is 1.63 bits per heavy atom. The van der Waals surface area contributed by atoms with Gasteiger partial charge in [-0.3, -0.25) is 9.59 Å². The fourth-order valence-electron chi connectivity index (χ4n) is 2.67. The van der Waals surface area contributed by atoms with Crippen molar-refractivity contribution in [3.8, 4) is 5.75 Å². The summed E-state index contributed by atoms with van der Waals surface area (Å²) >= 11 is 0. The second-order valence-corrected chi connectivity index (χ2v) is 6.74. The molecule has 6 heteroatoms. The largest absolute Gasteiger partial charge is 0.489 e. The Kier molecular flexibility index (Phi) is 6.95.